The van der Waals surface area contributed by atoms with Crippen molar-refractivity contribution in [1.82, 2.24) is 0 Å². The fraction of sp³-hybridized carbons (Fsp3) is 0.156. The van der Waals surface area contributed by atoms with Crippen molar-refractivity contribution >= 4 is 10.8 Å². The van der Waals surface area contributed by atoms with Gasteiger partial charge in [-0.3, -0.25) is 0 Å². The zero-order chi connectivity index (χ0) is 23.8. The Kier molecular flexibility index (Phi) is 5.24. The van der Waals surface area contributed by atoms with Crippen LogP contribution in [0.25, 0.3) is 44.3 Å². The minimum Gasteiger partial charge on any atom is -0.200 e. The number of pyridine rings is 1. The minimum absolute atomic E-state index is 0.405. The van der Waals surface area contributed by atoms with Gasteiger partial charge in [0.05, 0.1) is 10.9 Å². The van der Waals surface area contributed by atoms with Crippen molar-refractivity contribution in [2.24, 2.45) is 7.05 Å². The van der Waals surface area contributed by atoms with Crippen molar-refractivity contribution in [3.8, 4) is 33.5 Å². The lowest BCUT2D eigenvalue weighted by Crippen LogP contribution is -2.30. The first-order valence-corrected chi connectivity index (χ1v) is 11.6. The summed E-state index contributed by atoms with van der Waals surface area (Å²) in [6.07, 6.45) is 0.503. The highest BCUT2D eigenvalue weighted by atomic mass is 14.9. The molecule has 0 aliphatic carbocycles. The van der Waals surface area contributed by atoms with Crippen molar-refractivity contribution in [2.45, 2.75) is 26.7 Å². The minimum atomic E-state index is 0.405. The molecule has 0 saturated carbocycles. The lowest BCUT2D eigenvalue weighted by molar-refractivity contribution is -0.659. The van der Waals surface area contributed by atoms with Gasteiger partial charge in [-0.15, -0.1) is 0 Å². The summed E-state index contributed by atoms with van der Waals surface area (Å²) in [6.45, 7) is 6.73. The van der Waals surface area contributed by atoms with E-state index in [9.17, 15) is 0 Å². The number of aromatic nitrogens is 1. The molecule has 0 amide bonds. The van der Waals surface area contributed by atoms with Gasteiger partial charge in [-0.2, -0.15) is 0 Å². The quantitative estimate of drug-likeness (QED) is 0.254. The molecule has 0 atom stereocenters. The van der Waals surface area contributed by atoms with E-state index >= 15 is 0 Å². The zero-order valence-corrected chi connectivity index (χ0v) is 19.8. The molecule has 162 valence electrons. The summed E-state index contributed by atoms with van der Waals surface area (Å²) >= 11 is 0. The molecule has 1 heteroatoms. The second-order valence-corrected chi connectivity index (χ2v) is 9.11. The average molecular weight is 430 g/mol. The number of nitrogens with zero attached hydrogens (tertiary/aromatic N) is 1. The van der Waals surface area contributed by atoms with Crippen LogP contribution in [-0.4, -0.2) is 0 Å². The van der Waals surface area contributed by atoms with Gasteiger partial charge in [-0.05, 0) is 69.8 Å². The Morgan fingerprint density at radius 3 is 1.97 bits per heavy atom. The summed E-state index contributed by atoms with van der Waals surface area (Å²) in [5.74, 6) is 0.405. The number of hydrogen-bond donors (Lipinski definition) is 0. The monoisotopic (exact) mass is 429 g/mol. The molecular formula is C32H30N+. The molecule has 0 radical (unpaired) electrons. The molecule has 0 aliphatic rings. The maximum absolute atomic E-state index is 8.76. The van der Waals surface area contributed by atoms with Gasteiger partial charge in [-0.25, -0.2) is 4.57 Å². The molecule has 1 aromatic heterocycles. The van der Waals surface area contributed by atoms with Crippen LogP contribution in [0, 0.1) is 6.92 Å². The van der Waals surface area contributed by atoms with E-state index in [1.807, 2.05) is 23.7 Å². The van der Waals surface area contributed by atoms with E-state index in [2.05, 4.69) is 106 Å². The van der Waals surface area contributed by atoms with Crippen LogP contribution in [0.15, 0.2) is 103 Å². The van der Waals surface area contributed by atoms with Crippen LogP contribution in [0.2, 0.25) is 0 Å². The maximum Gasteiger partial charge on any atom is 0.220 e. The van der Waals surface area contributed by atoms with Crippen molar-refractivity contribution in [3.05, 3.63) is 114 Å². The van der Waals surface area contributed by atoms with Crippen LogP contribution in [0.3, 0.4) is 0 Å². The number of hydrogen-bond acceptors (Lipinski definition) is 0. The normalized spacial score (nSPS) is 11.7. The molecule has 0 aliphatic heterocycles. The van der Waals surface area contributed by atoms with Crippen LogP contribution in [0.4, 0.5) is 0 Å². The number of fused-ring (bicyclic) bond motifs is 1. The van der Waals surface area contributed by atoms with Crippen molar-refractivity contribution in [1.29, 1.82) is 0 Å². The first-order chi connectivity index (χ1) is 16.4. The lowest BCUT2D eigenvalue weighted by atomic mass is 9.87. The highest BCUT2D eigenvalue weighted by Gasteiger charge is 2.21. The van der Waals surface area contributed by atoms with E-state index in [4.69, 9.17) is 1.37 Å². The van der Waals surface area contributed by atoms with Gasteiger partial charge in [0.1, 0.15) is 8.42 Å². The number of benzene rings is 4. The summed E-state index contributed by atoms with van der Waals surface area (Å²) in [7, 11) is 2.01. The fourth-order valence-corrected chi connectivity index (χ4v) is 4.82. The summed E-state index contributed by atoms with van der Waals surface area (Å²) in [4.78, 5) is 0. The van der Waals surface area contributed by atoms with Crippen LogP contribution >= 0.6 is 0 Å². The second-order valence-electron chi connectivity index (χ2n) is 9.11. The topological polar surface area (TPSA) is 3.88 Å². The Morgan fingerprint density at radius 1 is 0.697 bits per heavy atom. The van der Waals surface area contributed by atoms with E-state index in [-0.39, 0.29) is 0 Å². The third-order valence-corrected chi connectivity index (χ3v) is 6.60. The molecule has 0 fully saturated rings. The van der Waals surface area contributed by atoms with Crippen molar-refractivity contribution in [3.63, 3.8) is 0 Å². The predicted molar refractivity (Wildman–Crippen MR) is 140 cm³/mol. The molecule has 0 N–H and O–H groups in total. The summed E-state index contributed by atoms with van der Waals surface area (Å²) in [5.41, 5.74) is 9.71. The van der Waals surface area contributed by atoms with E-state index in [1.54, 1.807) is 0 Å². The van der Waals surface area contributed by atoms with Crippen LogP contribution < -0.4 is 4.57 Å². The Bertz CT molecular complexity index is 1490. The Balaban J connectivity index is 1.80. The van der Waals surface area contributed by atoms with Crippen LogP contribution in [0.1, 0.15) is 32.3 Å². The van der Waals surface area contributed by atoms with Gasteiger partial charge < -0.3 is 0 Å². The number of rotatable bonds is 4. The molecule has 4 aromatic carbocycles. The average Bonchev–Trinajstić information content (AvgIpc) is 2.86. The Labute approximate surface area is 198 Å². The third-order valence-electron chi connectivity index (χ3n) is 6.60. The molecule has 0 bridgehead atoms. The zero-order valence-electron chi connectivity index (χ0n) is 20.8. The molecule has 5 rings (SSSR count). The lowest BCUT2D eigenvalue weighted by Gasteiger charge is -2.17. The Hall–Kier alpha value is -3.71. The van der Waals surface area contributed by atoms with Crippen molar-refractivity contribution < 1.29 is 5.94 Å². The summed E-state index contributed by atoms with van der Waals surface area (Å²) in [6, 6.07) is 34.3. The van der Waals surface area contributed by atoms with Crippen molar-refractivity contribution in [2.75, 3.05) is 0 Å². The Morgan fingerprint density at radius 2 is 1.33 bits per heavy atom. The molecule has 0 unspecified atom stereocenters. The van der Waals surface area contributed by atoms with Gasteiger partial charge in [-0.1, -0.05) is 86.6 Å². The van der Waals surface area contributed by atoms with Gasteiger partial charge in [0.15, 0.2) is 6.17 Å². The van der Waals surface area contributed by atoms with E-state index in [1.165, 1.54) is 44.3 Å². The highest BCUT2D eigenvalue weighted by Crippen LogP contribution is 2.37. The van der Waals surface area contributed by atoms with E-state index in [0.29, 0.717) is 12.1 Å². The first kappa shape index (κ1) is 19.9. The molecule has 0 spiro atoms. The third kappa shape index (κ3) is 3.96. The summed E-state index contributed by atoms with van der Waals surface area (Å²) < 4.78 is 10.8. The molecule has 1 heterocycles. The van der Waals surface area contributed by atoms with Crippen LogP contribution in [0.5, 0.6) is 0 Å². The molecule has 5 aromatic rings. The molecule has 33 heavy (non-hydrogen) atoms. The van der Waals surface area contributed by atoms with Crippen LogP contribution in [-0.2, 0) is 7.05 Å². The van der Waals surface area contributed by atoms with E-state index in [0.717, 1.165) is 11.1 Å². The highest BCUT2D eigenvalue weighted by molar-refractivity contribution is 5.96. The smallest absolute Gasteiger partial charge is 0.200 e. The molecule has 0 saturated heterocycles. The predicted octanol–water partition coefficient (Wildman–Crippen LogP) is 8.10. The SMILES string of the molecule is [2H]c1cc2cc(-c3ccccc3)ccc2c(-c2cc(-c3ccccc3)cc(C(C)C)c2C)[n+]1C. The molecular weight excluding hydrogens is 398 g/mol. The van der Waals surface area contributed by atoms with Gasteiger partial charge in [0.25, 0.3) is 0 Å². The van der Waals surface area contributed by atoms with Gasteiger partial charge in [0, 0.05) is 6.07 Å². The summed E-state index contributed by atoms with van der Waals surface area (Å²) in [5, 5.41) is 2.26. The fourth-order valence-electron chi connectivity index (χ4n) is 4.82. The standard InChI is InChI=1S/C32H30N/c1-22(2)30-20-28(25-13-9-6-10-14-25)21-31(23(30)3)32-29-16-15-26(24-11-7-5-8-12-24)19-27(29)17-18-33(32)4/h5-22H,1-4H3/q+1/i18D. The van der Waals surface area contributed by atoms with Gasteiger partial charge in [0.2, 0.25) is 5.69 Å². The largest absolute Gasteiger partial charge is 0.220 e. The van der Waals surface area contributed by atoms with Gasteiger partial charge >= 0.3 is 0 Å². The second kappa shape index (κ2) is 8.67. The molecule has 1 nitrogen and oxygen atoms in total. The van der Waals surface area contributed by atoms with E-state index < -0.39 is 0 Å². The first-order valence-electron chi connectivity index (χ1n) is 12.1. The maximum atomic E-state index is 8.76.